The number of hydrogen-bond donors (Lipinski definition) is 2. The van der Waals surface area contributed by atoms with Gasteiger partial charge in [0.25, 0.3) is 0 Å². The fraction of sp³-hybridized carbons (Fsp3) is 1.00. The van der Waals surface area contributed by atoms with E-state index in [4.69, 9.17) is 9.79 Å². The number of likely N-dealkylation sites (N-methyl/N-ethyl adjacent to an activating group) is 1. The summed E-state index contributed by atoms with van der Waals surface area (Å²) in [6.45, 7) is 1.19. The molecule has 0 aromatic heterocycles. The molecule has 2 N–H and O–H groups in total. The topological polar surface area (TPSA) is 49.7 Å². The Balaban J connectivity index is 3.21. The second kappa shape index (κ2) is 4.21. The molecule has 0 heterocycles. The third kappa shape index (κ3) is 8.27. The van der Waals surface area contributed by atoms with Crippen molar-refractivity contribution in [2.75, 3.05) is 34.3 Å². The van der Waals surface area contributed by atoms with Crippen LogP contribution in [-0.2, 0) is 4.52 Å². The van der Waals surface area contributed by atoms with Crippen LogP contribution >= 0.6 is 8.60 Å². The van der Waals surface area contributed by atoms with E-state index in [1.807, 2.05) is 21.1 Å². The number of rotatable bonds is 4. The molecule has 0 saturated carbocycles. The molecule has 0 amide bonds. The van der Waals surface area contributed by atoms with Crippen molar-refractivity contribution in [2.45, 2.75) is 0 Å². The quantitative estimate of drug-likeness (QED) is 0.447. The minimum atomic E-state index is -2.47. The molecule has 0 rings (SSSR count). The predicted octanol–water partition coefficient (Wildman–Crippen LogP) is -0.347. The average Bonchev–Trinajstić information content (AvgIpc) is 1.59. The van der Waals surface area contributed by atoms with Gasteiger partial charge in [0.2, 0.25) is 0 Å². The summed E-state index contributed by atoms with van der Waals surface area (Å²) >= 11 is 0. The second-order valence-electron chi connectivity index (χ2n) is 3.14. The zero-order chi connectivity index (χ0) is 8.20. The van der Waals surface area contributed by atoms with Crippen LogP contribution in [0.4, 0.5) is 0 Å². The zero-order valence-corrected chi connectivity index (χ0v) is 7.66. The van der Waals surface area contributed by atoms with Gasteiger partial charge in [-0.3, -0.25) is 0 Å². The Hall–Kier alpha value is 0.270. The van der Waals surface area contributed by atoms with Crippen LogP contribution < -0.4 is 0 Å². The fourth-order valence-electron chi connectivity index (χ4n) is 0.411. The minimum absolute atomic E-state index is 0.408. The molecule has 0 aliphatic heterocycles. The van der Waals surface area contributed by atoms with E-state index in [2.05, 4.69) is 4.52 Å². The van der Waals surface area contributed by atoms with Gasteiger partial charge < -0.3 is 0 Å². The third-order valence-electron chi connectivity index (χ3n) is 0.993. The molecular weight excluding hydrogens is 153 g/mol. The van der Waals surface area contributed by atoms with Gasteiger partial charge in [-0.2, -0.15) is 0 Å². The Morgan fingerprint density at radius 3 is 2.10 bits per heavy atom. The molecule has 0 aliphatic rings. The van der Waals surface area contributed by atoms with Crippen molar-refractivity contribution in [3.8, 4) is 0 Å². The molecule has 0 bridgehead atoms. The Labute approximate surface area is 62.6 Å². The van der Waals surface area contributed by atoms with E-state index in [9.17, 15) is 0 Å². The Morgan fingerprint density at radius 1 is 1.30 bits per heavy atom. The summed E-state index contributed by atoms with van der Waals surface area (Å²) in [5.74, 6) is 0. The monoisotopic (exact) mass is 169 g/mol. The summed E-state index contributed by atoms with van der Waals surface area (Å²) in [5, 5.41) is 0. The third-order valence-corrected chi connectivity index (χ3v) is 1.46. The van der Waals surface area contributed by atoms with Gasteiger partial charge in [-0.1, -0.05) is 0 Å². The summed E-state index contributed by atoms with van der Waals surface area (Å²) in [6.07, 6.45) is 0. The summed E-state index contributed by atoms with van der Waals surface area (Å²) in [6, 6.07) is 0. The molecule has 0 aromatic carbocycles. The molecule has 0 aromatic rings. The maximum absolute atomic E-state index is 8.38. The molecule has 64 valence electrons. The molecule has 0 radical (unpaired) electrons. The van der Waals surface area contributed by atoms with E-state index in [0.717, 1.165) is 11.0 Å². The van der Waals surface area contributed by atoms with Gasteiger partial charge in [-0.25, -0.2) is 0 Å². The van der Waals surface area contributed by atoms with Gasteiger partial charge in [-0.05, 0) is 0 Å². The van der Waals surface area contributed by atoms with Crippen LogP contribution in [0.5, 0.6) is 0 Å². The average molecular weight is 169 g/mol. The van der Waals surface area contributed by atoms with Crippen LogP contribution in [0.1, 0.15) is 0 Å². The first-order chi connectivity index (χ1) is 4.42. The maximum atomic E-state index is 8.38. The van der Waals surface area contributed by atoms with Gasteiger partial charge in [0, 0.05) is 0 Å². The van der Waals surface area contributed by atoms with Crippen molar-refractivity contribution < 1.29 is 18.8 Å². The summed E-state index contributed by atoms with van der Waals surface area (Å²) in [7, 11) is 3.59. The molecule has 10 heavy (non-hydrogen) atoms. The first kappa shape index (κ1) is 10.3. The van der Waals surface area contributed by atoms with Crippen molar-refractivity contribution in [1.82, 2.24) is 0 Å². The van der Waals surface area contributed by atoms with Gasteiger partial charge in [-0.15, -0.1) is 0 Å². The molecule has 0 spiro atoms. The van der Waals surface area contributed by atoms with E-state index < -0.39 is 8.60 Å². The summed E-state index contributed by atoms with van der Waals surface area (Å²) in [4.78, 5) is 16.8. The SMILES string of the molecule is C[N+](C)(C)CCO[PH-](O)O. The van der Waals surface area contributed by atoms with Gasteiger partial charge in [0.05, 0.1) is 0 Å². The van der Waals surface area contributed by atoms with E-state index >= 15 is 0 Å². The Kier molecular flexibility index (Phi) is 4.32. The Morgan fingerprint density at radius 2 is 1.80 bits per heavy atom. The molecule has 4 nitrogen and oxygen atoms in total. The van der Waals surface area contributed by atoms with E-state index in [0.29, 0.717) is 6.61 Å². The first-order valence-electron chi connectivity index (χ1n) is 3.10. The molecule has 5 heteroatoms. The van der Waals surface area contributed by atoms with E-state index in [1.165, 1.54) is 0 Å². The number of quaternary nitrogens is 1. The van der Waals surface area contributed by atoms with Gasteiger partial charge >= 0.3 is 61.7 Å². The molecule has 0 atom stereocenters. The molecule has 0 fully saturated rings. The van der Waals surface area contributed by atoms with Crippen LogP contribution in [0.15, 0.2) is 0 Å². The number of hydrogen-bond acceptors (Lipinski definition) is 3. The van der Waals surface area contributed by atoms with Crippen LogP contribution in [0, 0.1) is 0 Å². The molecule has 0 saturated heterocycles. The standard InChI is InChI=1S/C5H16NO3P/c1-6(2,3)4-5-9-10(7)8/h7-8,10H,4-5H2,1-3H3. The van der Waals surface area contributed by atoms with Crippen molar-refractivity contribution >= 4 is 8.60 Å². The predicted molar refractivity (Wildman–Crippen MR) is 41.6 cm³/mol. The number of nitrogens with zero attached hydrogens (tertiary/aromatic N) is 1. The van der Waals surface area contributed by atoms with E-state index in [1.54, 1.807) is 0 Å². The van der Waals surface area contributed by atoms with Crippen molar-refractivity contribution in [3.63, 3.8) is 0 Å². The Bertz CT molecular complexity index is 91.4. The van der Waals surface area contributed by atoms with Crippen molar-refractivity contribution in [1.29, 1.82) is 0 Å². The van der Waals surface area contributed by atoms with Crippen molar-refractivity contribution in [2.24, 2.45) is 0 Å². The molecule has 0 unspecified atom stereocenters. The molecular formula is C5H16NO3P. The van der Waals surface area contributed by atoms with Crippen LogP contribution in [0.2, 0.25) is 0 Å². The normalized spacial score (nSPS) is 13.5. The van der Waals surface area contributed by atoms with Gasteiger partial charge in [0.1, 0.15) is 0 Å². The second-order valence-corrected chi connectivity index (χ2v) is 4.00. The summed E-state index contributed by atoms with van der Waals surface area (Å²) in [5.41, 5.74) is 0. The molecule has 0 aliphatic carbocycles. The summed E-state index contributed by atoms with van der Waals surface area (Å²) < 4.78 is 5.39. The van der Waals surface area contributed by atoms with Crippen molar-refractivity contribution in [3.05, 3.63) is 0 Å². The fourth-order valence-corrected chi connectivity index (χ4v) is 0.685. The van der Waals surface area contributed by atoms with E-state index in [-0.39, 0.29) is 0 Å². The van der Waals surface area contributed by atoms with Crippen LogP contribution in [0.25, 0.3) is 0 Å². The first-order valence-corrected chi connectivity index (χ1v) is 4.40. The van der Waals surface area contributed by atoms with Crippen LogP contribution in [0.3, 0.4) is 0 Å². The van der Waals surface area contributed by atoms with Gasteiger partial charge in [0.15, 0.2) is 0 Å². The van der Waals surface area contributed by atoms with Crippen LogP contribution in [-0.4, -0.2) is 48.6 Å². The zero-order valence-electron chi connectivity index (χ0n) is 6.66.